The molecule has 3 aromatic rings. The number of aliphatic hydroxyl groups is 1. The minimum atomic E-state index is -2.41. The van der Waals surface area contributed by atoms with E-state index in [9.17, 15) is 18.9 Å². The third-order valence-electron chi connectivity index (χ3n) is 4.47. The Morgan fingerprint density at radius 1 is 0.733 bits per heavy atom. The zero-order valence-corrected chi connectivity index (χ0v) is 17.0. The summed E-state index contributed by atoms with van der Waals surface area (Å²) in [5.41, 5.74) is -1.52. The topological polar surface area (TPSA) is 95.5 Å². The SMILES string of the molecule is O=C(Nc1ccccc1)C(O)(CCS(=O)c1ccccc1)C(=O)Nc1ccccc1. The molecule has 3 rings (SSSR count). The van der Waals surface area contributed by atoms with Gasteiger partial charge in [-0.3, -0.25) is 13.8 Å². The van der Waals surface area contributed by atoms with Gasteiger partial charge in [-0.2, -0.15) is 0 Å². The summed E-state index contributed by atoms with van der Waals surface area (Å²) in [4.78, 5) is 26.4. The van der Waals surface area contributed by atoms with Crippen LogP contribution in [-0.2, 0) is 20.4 Å². The molecule has 0 bridgehead atoms. The molecular weight excluding hydrogens is 400 g/mol. The minimum absolute atomic E-state index is 0.0646. The van der Waals surface area contributed by atoms with Gasteiger partial charge >= 0.3 is 0 Å². The van der Waals surface area contributed by atoms with Crippen LogP contribution in [0.1, 0.15) is 6.42 Å². The van der Waals surface area contributed by atoms with Crippen molar-refractivity contribution >= 4 is 34.0 Å². The van der Waals surface area contributed by atoms with Crippen molar-refractivity contribution in [2.24, 2.45) is 0 Å². The van der Waals surface area contributed by atoms with Crippen molar-refractivity contribution in [3.05, 3.63) is 91.0 Å². The van der Waals surface area contributed by atoms with Gasteiger partial charge in [-0.05, 0) is 36.4 Å². The summed E-state index contributed by atoms with van der Waals surface area (Å²) in [5, 5.41) is 16.2. The molecule has 0 aromatic heterocycles. The molecule has 0 radical (unpaired) electrons. The maximum absolute atomic E-state index is 12.9. The van der Waals surface area contributed by atoms with E-state index >= 15 is 0 Å². The van der Waals surface area contributed by atoms with Crippen LogP contribution in [0.3, 0.4) is 0 Å². The Labute approximate surface area is 177 Å². The molecule has 7 heteroatoms. The molecule has 3 N–H and O–H groups in total. The number of rotatable bonds is 8. The Morgan fingerprint density at radius 2 is 1.13 bits per heavy atom. The minimum Gasteiger partial charge on any atom is -0.372 e. The van der Waals surface area contributed by atoms with E-state index in [4.69, 9.17) is 0 Å². The third kappa shape index (κ3) is 5.40. The fourth-order valence-electron chi connectivity index (χ4n) is 2.77. The number of para-hydroxylation sites is 2. The van der Waals surface area contributed by atoms with Crippen LogP contribution in [0.5, 0.6) is 0 Å². The van der Waals surface area contributed by atoms with Crippen LogP contribution < -0.4 is 10.6 Å². The largest absolute Gasteiger partial charge is 0.372 e. The average molecular weight is 423 g/mol. The summed E-state index contributed by atoms with van der Waals surface area (Å²) in [7, 11) is -1.48. The van der Waals surface area contributed by atoms with Crippen molar-refractivity contribution in [1.82, 2.24) is 0 Å². The Bertz CT molecular complexity index is 958. The van der Waals surface area contributed by atoms with Crippen LogP contribution in [-0.4, -0.2) is 32.5 Å². The summed E-state index contributed by atoms with van der Waals surface area (Å²) < 4.78 is 12.6. The molecule has 0 aliphatic carbocycles. The van der Waals surface area contributed by atoms with E-state index in [2.05, 4.69) is 10.6 Å². The molecule has 0 fully saturated rings. The second-order valence-electron chi connectivity index (χ2n) is 6.61. The van der Waals surface area contributed by atoms with E-state index < -0.39 is 28.2 Å². The molecule has 1 unspecified atom stereocenters. The fourth-order valence-corrected chi connectivity index (χ4v) is 3.95. The van der Waals surface area contributed by atoms with E-state index in [1.54, 1.807) is 91.0 Å². The molecule has 154 valence electrons. The van der Waals surface area contributed by atoms with Gasteiger partial charge in [-0.15, -0.1) is 0 Å². The summed E-state index contributed by atoms with van der Waals surface area (Å²) in [6, 6.07) is 25.8. The molecule has 0 aliphatic heterocycles. The number of nitrogens with one attached hydrogen (secondary N) is 2. The Morgan fingerprint density at radius 3 is 1.57 bits per heavy atom. The van der Waals surface area contributed by atoms with Crippen molar-refractivity contribution in [1.29, 1.82) is 0 Å². The van der Waals surface area contributed by atoms with E-state index in [0.717, 1.165) is 0 Å². The van der Waals surface area contributed by atoms with Gasteiger partial charge in [0.05, 0.1) is 10.8 Å². The highest BCUT2D eigenvalue weighted by atomic mass is 32.2. The predicted molar refractivity (Wildman–Crippen MR) is 117 cm³/mol. The standard InChI is InChI=1S/C23H22N2O4S/c26-21(24-18-10-4-1-5-11-18)23(28,22(27)25-19-12-6-2-7-13-19)16-17-30(29)20-14-8-3-9-15-20/h1-15,28H,16-17H2,(H,24,26)(H,25,27). The molecular formula is C23H22N2O4S. The second kappa shape index (κ2) is 9.96. The van der Waals surface area contributed by atoms with E-state index in [0.29, 0.717) is 16.3 Å². The molecule has 0 spiro atoms. The predicted octanol–water partition coefficient (Wildman–Crippen LogP) is 3.19. The molecule has 0 heterocycles. The first-order valence-corrected chi connectivity index (χ1v) is 10.7. The number of benzene rings is 3. The second-order valence-corrected chi connectivity index (χ2v) is 8.18. The lowest BCUT2D eigenvalue weighted by atomic mass is 9.98. The van der Waals surface area contributed by atoms with Gasteiger partial charge in [0.2, 0.25) is 5.60 Å². The quantitative estimate of drug-likeness (QED) is 0.486. The number of amides is 2. The molecule has 0 aliphatic rings. The lowest BCUT2D eigenvalue weighted by molar-refractivity contribution is -0.147. The third-order valence-corrected chi connectivity index (χ3v) is 5.84. The van der Waals surface area contributed by atoms with Crippen molar-refractivity contribution in [3.8, 4) is 0 Å². The summed E-state index contributed by atoms with van der Waals surface area (Å²) in [6.45, 7) is 0. The van der Waals surface area contributed by atoms with Gasteiger partial charge in [-0.25, -0.2) is 0 Å². The van der Waals surface area contributed by atoms with Crippen LogP contribution in [0.4, 0.5) is 11.4 Å². The van der Waals surface area contributed by atoms with Gasteiger partial charge in [0.25, 0.3) is 11.8 Å². The highest BCUT2D eigenvalue weighted by Gasteiger charge is 2.44. The number of anilines is 2. The van der Waals surface area contributed by atoms with E-state index in [-0.39, 0.29) is 12.2 Å². The smallest absolute Gasteiger partial charge is 0.266 e. The summed E-state index contributed by atoms with van der Waals surface area (Å²) in [5.74, 6) is -1.83. The first kappa shape index (κ1) is 21.4. The van der Waals surface area contributed by atoms with Crippen molar-refractivity contribution < 1.29 is 18.9 Å². The highest BCUT2D eigenvalue weighted by molar-refractivity contribution is 7.85. The first-order chi connectivity index (χ1) is 14.5. The molecule has 0 saturated heterocycles. The molecule has 0 saturated carbocycles. The van der Waals surface area contributed by atoms with Crippen LogP contribution in [0, 0.1) is 0 Å². The van der Waals surface area contributed by atoms with Gasteiger partial charge in [-0.1, -0.05) is 54.6 Å². The van der Waals surface area contributed by atoms with Crippen molar-refractivity contribution in [2.75, 3.05) is 16.4 Å². The Balaban J connectivity index is 1.80. The molecule has 30 heavy (non-hydrogen) atoms. The van der Waals surface area contributed by atoms with Crippen molar-refractivity contribution in [3.63, 3.8) is 0 Å². The number of carbonyl (C=O) groups is 2. The van der Waals surface area contributed by atoms with Crippen LogP contribution in [0.2, 0.25) is 0 Å². The highest BCUT2D eigenvalue weighted by Crippen LogP contribution is 2.20. The summed E-state index contributed by atoms with van der Waals surface area (Å²) in [6.07, 6.45) is -0.314. The van der Waals surface area contributed by atoms with Crippen LogP contribution in [0.15, 0.2) is 95.9 Å². The maximum Gasteiger partial charge on any atom is 0.266 e. The average Bonchev–Trinajstić information content (AvgIpc) is 2.79. The fraction of sp³-hybridized carbons (Fsp3) is 0.130. The molecule has 6 nitrogen and oxygen atoms in total. The molecule has 2 amide bonds. The lowest BCUT2D eigenvalue weighted by Gasteiger charge is -2.26. The number of hydrogen-bond acceptors (Lipinski definition) is 4. The van der Waals surface area contributed by atoms with Crippen molar-refractivity contribution in [2.45, 2.75) is 16.9 Å². The van der Waals surface area contributed by atoms with Crippen LogP contribution >= 0.6 is 0 Å². The first-order valence-electron chi connectivity index (χ1n) is 9.38. The summed E-state index contributed by atoms with van der Waals surface area (Å²) >= 11 is 0. The Kier molecular flexibility index (Phi) is 7.11. The maximum atomic E-state index is 12.9. The molecule has 3 aromatic carbocycles. The van der Waals surface area contributed by atoms with E-state index in [1.807, 2.05) is 0 Å². The van der Waals surface area contributed by atoms with Gasteiger partial charge in [0.15, 0.2) is 0 Å². The number of carbonyl (C=O) groups excluding carboxylic acids is 2. The number of hydrogen-bond donors (Lipinski definition) is 3. The Hall–Kier alpha value is -3.29. The zero-order valence-electron chi connectivity index (χ0n) is 16.2. The normalized spacial score (nSPS) is 12.0. The lowest BCUT2D eigenvalue weighted by Crippen LogP contribution is -2.53. The van der Waals surface area contributed by atoms with Gasteiger partial charge in [0, 0.05) is 28.4 Å². The van der Waals surface area contributed by atoms with Gasteiger partial charge < -0.3 is 15.7 Å². The molecule has 1 atom stereocenters. The van der Waals surface area contributed by atoms with E-state index in [1.165, 1.54) is 0 Å². The van der Waals surface area contributed by atoms with Crippen LogP contribution in [0.25, 0.3) is 0 Å². The van der Waals surface area contributed by atoms with Gasteiger partial charge in [0.1, 0.15) is 0 Å². The monoisotopic (exact) mass is 422 g/mol. The zero-order chi connectivity index (χ0) is 21.4.